The molecule has 0 aromatic carbocycles. The van der Waals surface area contributed by atoms with E-state index in [1.54, 1.807) is 11.3 Å². The SMILES string of the molecule is CCC(CC)CNC(=O)N1CCCC1c1cccs1. The molecular formula is C15H24N2OS. The highest BCUT2D eigenvalue weighted by molar-refractivity contribution is 7.10. The number of rotatable bonds is 5. The molecule has 1 saturated heterocycles. The second-order valence-electron chi connectivity index (χ2n) is 5.24. The van der Waals surface area contributed by atoms with Crippen molar-refractivity contribution in [2.75, 3.05) is 13.1 Å². The van der Waals surface area contributed by atoms with E-state index in [9.17, 15) is 4.79 Å². The molecule has 2 heterocycles. The third-order valence-electron chi connectivity index (χ3n) is 4.08. The zero-order valence-corrected chi connectivity index (χ0v) is 12.7. The van der Waals surface area contributed by atoms with Crippen molar-refractivity contribution in [3.8, 4) is 0 Å². The molecule has 1 aromatic heterocycles. The third-order valence-corrected chi connectivity index (χ3v) is 5.06. The number of likely N-dealkylation sites (tertiary alicyclic amines) is 1. The molecule has 3 nitrogen and oxygen atoms in total. The number of amides is 2. The quantitative estimate of drug-likeness (QED) is 0.867. The Labute approximate surface area is 120 Å². The second kappa shape index (κ2) is 6.94. The predicted octanol–water partition coefficient (Wildman–Crippen LogP) is 4.03. The van der Waals surface area contributed by atoms with Crippen molar-refractivity contribution in [1.29, 1.82) is 0 Å². The van der Waals surface area contributed by atoms with Crippen LogP contribution in [0, 0.1) is 5.92 Å². The molecule has 1 aliphatic rings. The van der Waals surface area contributed by atoms with Crippen LogP contribution in [0.2, 0.25) is 0 Å². The van der Waals surface area contributed by atoms with Gasteiger partial charge in [0.25, 0.3) is 0 Å². The van der Waals surface area contributed by atoms with Crippen molar-refractivity contribution in [2.45, 2.75) is 45.6 Å². The number of hydrogen-bond donors (Lipinski definition) is 1. The molecule has 0 saturated carbocycles. The van der Waals surface area contributed by atoms with Gasteiger partial charge in [0.05, 0.1) is 6.04 Å². The summed E-state index contributed by atoms with van der Waals surface area (Å²) in [6, 6.07) is 4.62. The van der Waals surface area contributed by atoms with Crippen LogP contribution in [0.25, 0.3) is 0 Å². The van der Waals surface area contributed by atoms with E-state index in [0.717, 1.165) is 38.8 Å². The Bertz CT molecular complexity index is 387. The Morgan fingerprint density at radius 3 is 2.95 bits per heavy atom. The van der Waals surface area contributed by atoms with Gasteiger partial charge in [-0.25, -0.2) is 4.79 Å². The number of urea groups is 1. The van der Waals surface area contributed by atoms with E-state index in [-0.39, 0.29) is 6.03 Å². The lowest BCUT2D eigenvalue weighted by molar-refractivity contribution is 0.191. The summed E-state index contributed by atoms with van der Waals surface area (Å²) in [6.07, 6.45) is 4.47. The molecule has 0 aliphatic carbocycles. The van der Waals surface area contributed by atoms with Crippen LogP contribution in [0.5, 0.6) is 0 Å². The molecule has 1 atom stereocenters. The van der Waals surface area contributed by atoms with Crippen LogP contribution in [0.4, 0.5) is 4.79 Å². The minimum atomic E-state index is 0.114. The molecule has 1 N–H and O–H groups in total. The zero-order chi connectivity index (χ0) is 13.7. The van der Waals surface area contributed by atoms with Gasteiger partial charge in [-0.05, 0) is 30.2 Å². The molecule has 4 heteroatoms. The average Bonchev–Trinajstić information content (AvgIpc) is 3.10. The van der Waals surface area contributed by atoms with Crippen molar-refractivity contribution < 1.29 is 4.79 Å². The lowest BCUT2D eigenvalue weighted by Crippen LogP contribution is -2.41. The normalized spacial score (nSPS) is 19.1. The maximum absolute atomic E-state index is 12.3. The first kappa shape index (κ1) is 14.4. The summed E-state index contributed by atoms with van der Waals surface area (Å²) in [4.78, 5) is 15.6. The lowest BCUT2D eigenvalue weighted by Gasteiger charge is -2.25. The van der Waals surface area contributed by atoms with Gasteiger partial charge in [-0.2, -0.15) is 0 Å². The first-order valence-corrected chi connectivity index (χ1v) is 8.22. The van der Waals surface area contributed by atoms with Gasteiger partial charge in [-0.15, -0.1) is 11.3 Å². The molecule has 1 aromatic rings. The van der Waals surface area contributed by atoms with Crippen molar-refractivity contribution in [2.24, 2.45) is 5.92 Å². The highest BCUT2D eigenvalue weighted by Crippen LogP contribution is 2.34. The Morgan fingerprint density at radius 2 is 2.32 bits per heavy atom. The van der Waals surface area contributed by atoms with Crippen LogP contribution in [0.1, 0.15) is 50.4 Å². The van der Waals surface area contributed by atoms with E-state index in [2.05, 4.69) is 36.7 Å². The minimum Gasteiger partial charge on any atom is -0.338 e. The Balaban J connectivity index is 1.91. The van der Waals surface area contributed by atoms with Crippen LogP contribution in [-0.2, 0) is 0 Å². The molecule has 106 valence electrons. The van der Waals surface area contributed by atoms with Crippen molar-refractivity contribution in [3.63, 3.8) is 0 Å². The molecule has 1 fully saturated rings. The van der Waals surface area contributed by atoms with Crippen molar-refractivity contribution >= 4 is 17.4 Å². The molecule has 0 radical (unpaired) electrons. The summed E-state index contributed by atoms with van der Waals surface area (Å²) in [5.41, 5.74) is 0. The monoisotopic (exact) mass is 280 g/mol. The topological polar surface area (TPSA) is 32.3 Å². The number of nitrogens with one attached hydrogen (secondary N) is 1. The molecular weight excluding hydrogens is 256 g/mol. The summed E-state index contributed by atoms with van der Waals surface area (Å²) >= 11 is 1.75. The van der Waals surface area contributed by atoms with Gasteiger partial charge in [0.1, 0.15) is 0 Å². The van der Waals surface area contributed by atoms with E-state index in [1.165, 1.54) is 4.88 Å². The summed E-state index contributed by atoms with van der Waals surface area (Å²) in [7, 11) is 0. The highest BCUT2D eigenvalue weighted by Gasteiger charge is 2.30. The largest absolute Gasteiger partial charge is 0.338 e. The van der Waals surface area contributed by atoms with Gasteiger partial charge in [-0.3, -0.25) is 0 Å². The first-order valence-electron chi connectivity index (χ1n) is 7.34. The van der Waals surface area contributed by atoms with E-state index >= 15 is 0 Å². The molecule has 1 unspecified atom stereocenters. The minimum absolute atomic E-state index is 0.114. The fraction of sp³-hybridized carbons (Fsp3) is 0.667. The summed E-state index contributed by atoms with van der Waals surface area (Å²) < 4.78 is 0. The number of thiophene rings is 1. The van der Waals surface area contributed by atoms with Crippen LogP contribution in [-0.4, -0.2) is 24.0 Å². The molecule has 19 heavy (non-hydrogen) atoms. The van der Waals surface area contributed by atoms with Crippen molar-refractivity contribution in [1.82, 2.24) is 10.2 Å². The first-order chi connectivity index (χ1) is 9.26. The maximum atomic E-state index is 12.3. The van der Waals surface area contributed by atoms with E-state index < -0.39 is 0 Å². The average molecular weight is 280 g/mol. The fourth-order valence-electron chi connectivity index (χ4n) is 2.70. The van der Waals surface area contributed by atoms with Crippen LogP contribution < -0.4 is 5.32 Å². The standard InChI is InChI=1S/C15H24N2OS/c1-3-12(4-2)11-16-15(18)17-9-5-7-13(17)14-8-6-10-19-14/h6,8,10,12-13H,3-5,7,9,11H2,1-2H3,(H,16,18). The summed E-state index contributed by atoms with van der Waals surface area (Å²) in [6.45, 7) is 6.06. The van der Waals surface area contributed by atoms with Crippen molar-refractivity contribution in [3.05, 3.63) is 22.4 Å². The van der Waals surface area contributed by atoms with E-state index in [4.69, 9.17) is 0 Å². The number of nitrogens with zero attached hydrogens (tertiary/aromatic N) is 1. The molecule has 1 aliphatic heterocycles. The van der Waals surface area contributed by atoms with Gasteiger partial charge in [0.15, 0.2) is 0 Å². The number of hydrogen-bond acceptors (Lipinski definition) is 2. The smallest absolute Gasteiger partial charge is 0.317 e. The molecule has 2 amide bonds. The van der Waals surface area contributed by atoms with E-state index in [1.807, 2.05) is 4.90 Å². The predicted molar refractivity (Wildman–Crippen MR) is 80.5 cm³/mol. The van der Waals surface area contributed by atoms with Gasteiger partial charge in [0, 0.05) is 18.0 Å². The molecule has 0 spiro atoms. The van der Waals surface area contributed by atoms with Gasteiger partial charge in [-0.1, -0.05) is 32.8 Å². The van der Waals surface area contributed by atoms with E-state index in [0.29, 0.717) is 12.0 Å². The number of carbonyl (C=O) groups excluding carboxylic acids is 1. The maximum Gasteiger partial charge on any atom is 0.317 e. The highest BCUT2D eigenvalue weighted by atomic mass is 32.1. The molecule has 2 rings (SSSR count). The Kier molecular flexibility index (Phi) is 5.25. The zero-order valence-electron chi connectivity index (χ0n) is 11.9. The lowest BCUT2D eigenvalue weighted by atomic mass is 10.0. The summed E-state index contributed by atoms with van der Waals surface area (Å²) in [5.74, 6) is 0.603. The van der Waals surface area contributed by atoms with Gasteiger partial charge < -0.3 is 10.2 Å². The van der Waals surface area contributed by atoms with Crippen LogP contribution in [0.3, 0.4) is 0 Å². The van der Waals surface area contributed by atoms with Crippen LogP contribution >= 0.6 is 11.3 Å². The van der Waals surface area contributed by atoms with Gasteiger partial charge >= 0.3 is 6.03 Å². The Morgan fingerprint density at radius 1 is 1.53 bits per heavy atom. The van der Waals surface area contributed by atoms with Gasteiger partial charge in [0.2, 0.25) is 0 Å². The van der Waals surface area contributed by atoms with Crippen LogP contribution in [0.15, 0.2) is 17.5 Å². The molecule has 0 bridgehead atoms. The third kappa shape index (κ3) is 3.50. The number of carbonyl (C=O) groups is 1. The summed E-state index contributed by atoms with van der Waals surface area (Å²) in [5, 5.41) is 5.20. The Hall–Kier alpha value is -1.03. The fourth-order valence-corrected chi connectivity index (χ4v) is 3.57. The second-order valence-corrected chi connectivity index (χ2v) is 6.21.